The number of benzene rings is 1. The Labute approximate surface area is 149 Å². The van der Waals surface area contributed by atoms with Crippen LogP contribution in [0.25, 0.3) is 10.6 Å². The van der Waals surface area contributed by atoms with Crippen LogP contribution in [0.4, 0.5) is 5.82 Å². The lowest BCUT2D eigenvalue weighted by Gasteiger charge is -2.02. The molecule has 0 atom stereocenters. The third-order valence-electron chi connectivity index (χ3n) is 3.33. The highest BCUT2D eigenvalue weighted by Crippen LogP contribution is 2.36. The zero-order valence-corrected chi connectivity index (χ0v) is 14.6. The first-order valence-corrected chi connectivity index (χ1v) is 8.65. The summed E-state index contributed by atoms with van der Waals surface area (Å²) in [6.45, 7) is 0.227. The van der Waals surface area contributed by atoms with Gasteiger partial charge in [-0.15, -0.1) is 11.3 Å². The zero-order valence-electron chi connectivity index (χ0n) is 12.2. The summed E-state index contributed by atoms with van der Waals surface area (Å²) >= 11 is 4.70. The number of anilines is 1. The van der Waals surface area contributed by atoms with Gasteiger partial charge in [-0.3, -0.25) is 4.79 Å². The van der Waals surface area contributed by atoms with Gasteiger partial charge in [-0.25, -0.2) is 9.97 Å². The summed E-state index contributed by atoms with van der Waals surface area (Å²) in [5.74, 6) is 1.58. The Morgan fingerprint density at radius 3 is 2.92 bits per heavy atom. The maximum Gasteiger partial charge on any atom is 0.276 e. The minimum Gasteiger partial charge on any atom is -0.454 e. The molecule has 24 heavy (non-hydrogen) atoms. The second-order valence-corrected chi connectivity index (χ2v) is 6.70. The second kappa shape index (κ2) is 6.21. The number of hydrogen-bond donors (Lipinski definition) is 1. The molecule has 6 nitrogen and oxygen atoms in total. The first-order chi connectivity index (χ1) is 11.7. The summed E-state index contributed by atoms with van der Waals surface area (Å²) in [4.78, 5) is 20.8. The molecule has 1 N–H and O–H groups in total. The normalized spacial score (nSPS) is 12.2. The average molecular weight is 404 g/mol. The molecule has 120 valence electrons. The van der Waals surface area contributed by atoms with Crippen molar-refractivity contribution in [3.8, 4) is 22.1 Å². The van der Waals surface area contributed by atoms with E-state index in [1.807, 2.05) is 24.3 Å². The molecule has 0 radical (unpaired) electrons. The number of ether oxygens (including phenoxy) is 2. The van der Waals surface area contributed by atoms with Gasteiger partial charge in [0.1, 0.15) is 16.5 Å². The number of rotatable bonds is 3. The van der Waals surface area contributed by atoms with Gasteiger partial charge in [0.2, 0.25) is 6.79 Å². The fourth-order valence-electron chi connectivity index (χ4n) is 2.17. The Morgan fingerprint density at radius 2 is 2.08 bits per heavy atom. The third-order valence-corrected chi connectivity index (χ3v) is 4.69. The van der Waals surface area contributed by atoms with E-state index >= 15 is 0 Å². The van der Waals surface area contributed by atoms with Gasteiger partial charge in [0.25, 0.3) is 5.91 Å². The molecule has 1 amide bonds. The van der Waals surface area contributed by atoms with Crippen LogP contribution in [0.15, 0.2) is 46.4 Å². The van der Waals surface area contributed by atoms with Crippen molar-refractivity contribution in [1.29, 1.82) is 0 Å². The number of nitrogens with one attached hydrogen (secondary N) is 1. The van der Waals surface area contributed by atoms with Gasteiger partial charge in [-0.1, -0.05) is 0 Å². The lowest BCUT2D eigenvalue weighted by molar-refractivity contribution is 0.102. The first-order valence-electron chi connectivity index (χ1n) is 6.97. The highest BCUT2D eigenvalue weighted by molar-refractivity contribution is 9.10. The van der Waals surface area contributed by atoms with Crippen LogP contribution in [-0.4, -0.2) is 22.7 Å². The van der Waals surface area contributed by atoms with E-state index in [0.717, 1.165) is 20.8 Å². The molecule has 3 aromatic rings. The smallest absolute Gasteiger partial charge is 0.276 e. The molecular weight excluding hydrogens is 394 g/mol. The summed E-state index contributed by atoms with van der Waals surface area (Å²) in [5, 5.41) is 5.18. The molecule has 0 spiro atoms. The molecule has 0 saturated heterocycles. The van der Waals surface area contributed by atoms with Crippen molar-refractivity contribution >= 4 is 39.0 Å². The van der Waals surface area contributed by atoms with E-state index in [2.05, 4.69) is 31.2 Å². The number of nitrogens with zero attached hydrogens (tertiary/aromatic N) is 2. The van der Waals surface area contributed by atoms with Crippen LogP contribution < -0.4 is 14.8 Å². The highest BCUT2D eigenvalue weighted by Gasteiger charge is 2.17. The third kappa shape index (κ3) is 2.98. The van der Waals surface area contributed by atoms with Crippen LogP contribution in [0.3, 0.4) is 0 Å². The molecule has 2 aromatic heterocycles. The molecule has 1 aliphatic rings. The van der Waals surface area contributed by atoms with Crippen molar-refractivity contribution in [3.63, 3.8) is 0 Å². The first kappa shape index (κ1) is 15.1. The molecule has 3 heterocycles. The fourth-order valence-corrected chi connectivity index (χ4v) is 3.20. The number of fused-ring (bicyclic) bond motifs is 1. The number of thiazole rings is 1. The van der Waals surface area contributed by atoms with Crippen LogP contribution in [0.1, 0.15) is 10.5 Å². The lowest BCUT2D eigenvalue weighted by Crippen LogP contribution is -2.13. The van der Waals surface area contributed by atoms with Gasteiger partial charge < -0.3 is 14.8 Å². The Bertz CT molecular complexity index is 911. The molecule has 0 fully saturated rings. The van der Waals surface area contributed by atoms with Gasteiger partial charge in [-0.05, 0) is 46.3 Å². The van der Waals surface area contributed by atoms with Gasteiger partial charge in [0.05, 0.1) is 0 Å². The average Bonchev–Trinajstić information content (AvgIpc) is 3.25. The molecule has 1 aromatic carbocycles. The van der Waals surface area contributed by atoms with Gasteiger partial charge in [-0.2, -0.15) is 0 Å². The van der Waals surface area contributed by atoms with Crippen molar-refractivity contribution in [3.05, 3.63) is 52.1 Å². The van der Waals surface area contributed by atoms with Gasteiger partial charge in [0.15, 0.2) is 11.5 Å². The Morgan fingerprint density at radius 1 is 1.21 bits per heavy atom. The van der Waals surface area contributed by atoms with E-state index in [4.69, 9.17) is 9.47 Å². The van der Waals surface area contributed by atoms with Crippen molar-refractivity contribution in [2.24, 2.45) is 0 Å². The number of hydrogen-bond acceptors (Lipinski definition) is 6. The summed E-state index contributed by atoms with van der Waals surface area (Å²) in [6, 6.07) is 9.11. The van der Waals surface area contributed by atoms with E-state index in [9.17, 15) is 4.79 Å². The summed E-state index contributed by atoms with van der Waals surface area (Å²) in [6.07, 6.45) is 1.62. The summed E-state index contributed by atoms with van der Waals surface area (Å²) in [7, 11) is 0. The lowest BCUT2D eigenvalue weighted by atomic mass is 10.2. The second-order valence-electron chi connectivity index (χ2n) is 4.92. The molecular formula is C16H10BrN3O3S. The molecule has 0 bridgehead atoms. The Balaban J connectivity index is 1.54. The summed E-state index contributed by atoms with van der Waals surface area (Å²) < 4.78 is 11.5. The highest BCUT2D eigenvalue weighted by atomic mass is 79.9. The van der Waals surface area contributed by atoms with Crippen molar-refractivity contribution in [1.82, 2.24) is 9.97 Å². The Kier molecular flexibility index (Phi) is 3.91. The quantitative estimate of drug-likeness (QED) is 0.716. The van der Waals surface area contributed by atoms with Crippen molar-refractivity contribution < 1.29 is 14.3 Å². The van der Waals surface area contributed by atoms with E-state index in [0.29, 0.717) is 17.3 Å². The standard InChI is InChI=1S/C16H10BrN3O3S/c17-10-2-4-14(18-6-10)20-15(21)11-7-24-16(19-11)9-1-3-12-13(5-9)23-8-22-12/h1-7H,8H2,(H,18,20,21). The number of carbonyl (C=O) groups excluding carboxylic acids is 1. The van der Waals surface area contributed by atoms with Crippen LogP contribution >= 0.6 is 27.3 Å². The minimum absolute atomic E-state index is 0.227. The topological polar surface area (TPSA) is 73.3 Å². The van der Waals surface area contributed by atoms with Crippen LogP contribution in [0, 0.1) is 0 Å². The SMILES string of the molecule is O=C(Nc1ccc(Br)cn1)c1csc(-c2ccc3c(c2)OCO3)n1. The number of pyridine rings is 1. The number of aromatic nitrogens is 2. The van der Waals surface area contributed by atoms with Crippen LogP contribution in [-0.2, 0) is 0 Å². The maximum atomic E-state index is 12.3. The van der Waals surface area contributed by atoms with E-state index < -0.39 is 0 Å². The maximum absolute atomic E-state index is 12.3. The van der Waals surface area contributed by atoms with Crippen LogP contribution in [0.5, 0.6) is 11.5 Å². The number of halogens is 1. The van der Waals surface area contributed by atoms with Gasteiger partial charge >= 0.3 is 0 Å². The zero-order chi connectivity index (χ0) is 16.5. The van der Waals surface area contributed by atoms with Crippen LogP contribution in [0.2, 0.25) is 0 Å². The van der Waals surface area contributed by atoms with E-state index in [-0.39, 0.29) is 12.7 Å². The molecule has 4 rings (SSSR count). The molecule has 0 unspecified atom stereocenters. The van der Waals surface area contributed by atoms with Crippen molar-refractivity contribution in [2.45, 2.75) is 0 Å². The number of carbonyl (C=O) groups is 1. The monoisotopic (exact) mass is 403 g/mol. The predicted octanol–water partition coefficient (Wildman–Crippen LogP) is 3.95. The number of amides is 1. The summed E-state index contributed by atoms with van der Waals surface area (Å²) in [5.41, 5.74) is 1.22. The Hall–Kier alpha value is -2.45. The van der Waals surface area contributed by atoms with E-state index in [1.165, 1.54) is 11.3 Å². The van der Waals surface area contributed by atoms with E-state index in [1.54, 1.807) is 17.6 Å². The molecule has 0 saturated carbocycles. The molecule has 0 aliphatic carbocycles. The molecule has 8 heteroatoms. The van der Waals surface area contributed by atoms with Crippen molar-refractivity contribution in [2.75, 3.05) is 12.1 Å². The largest absolute Gasteiger partial charge is 0.454 e. The predicted molar refractivity (Wildman–Crippen MR) is 93.6 cm³/mol. The minimum atomic E-state index is -0.298. The fraction of sp³-hybridized carbons (Fsp3) is 0.0625. The molecule has 1 aliphatic heterocycles. The van der Waals surface area contributed by atoms with Gasteiger partial charge in [0, 0.05) is 21.6 Å².